The molecule has 1 fully saturated rings. The molecule has 11 heteroatoms. The zero-order valence-corrected chi connectivity index (χ0v) is 24.1. The molecule has 40 heavy (non-hydrogen) atoms. The second-order valence-corrected chi connectivity index (χ2v) is 10.5. The van der Waals surface area contributed by atoms with Gasteiger partial charge in [0.2, 0.25) is 0 Å². The summed E-state index contributed by atoms with van der Waals surface area (Å²) in [4.78, 5) is 9.70. The molecule has 0 amide bonds. The molecule has 2 aromatic heterocycles. The van der Waals surface area contributed by atoms with Crippen LogP contribution in [-0.2, 0) is 13.0 Å². The minimum Gasteiger partial charge on any atom is -0.497 e. The van der Waals surface area contributed by atoms with E-state index in [1.54, 1.807) is 25.6 Å². The number of halogens is 1. The SMILES string of the molecule is COc1ccc(C(c2nnnn2CCc2ccccc2)N2CCN(c3nc4ccccc4s3)CC2)c(OC)c1.Cl. The molecule has 6 rings (SSSR count). The van der Waals surface area contributed by atoms with Gasteiger partial charge in [-0.2, -0.15) is 0 Å². The van der Waals surface area contributed by atoms with Gasteiger partial charge in [0.05, 0.1) is 24.4 Å². The minimum atomic E-state index is -0.172. The Morgan fingerprint density at radius 1 is 0.900 bits per heavy atom. The number of methoxy groups -OCH3 is 2. The van der Waals surface area contributed by atoms with Crippen molar-refractivity contribution in [2.75, 3.05) is 45.3 Å². The van der Waals surface area contributed by atoms with Crippen molar-refractivity contribution in [2.45, 2.75) is 19.0 Å². The van der Waals surface area contributed by atoms with Crippen LogP contribution in [0.1, 0.15) is 23.0 Å². The largest absolute Gasteiger partial charge is 0.497 e. The Hall–Kier alpha value is -3.73. The average Bonchev–Trinajstić information content (AvgIpc) is 3.64. The molecular weight excluding hydrogens is 546 g/mol. The average molecular weight is 578 g/mol. The van der Waals surface area contributed by atoms with Gasteiger partial charge in [0.15, 0.2) is 11.0 Å². The highest BCUT2D eigenvalue weighted by molar-refractivity contribution is 7.22. The molecule has 0 radical (unpaired) electrons. The van der Waals surface area contributed by atoms with Gasteiger partial charge in [-0.25, -0.2) is 9.67 Å². The lowest BCUT2D eigenvalue weighted by molar-refractivity contribution is 0.197. The van der Waals surface area contributed by atoms with Crippen LogP contribution in [0, 0.1) is 0 Å². The molecule has 3 aromatic carbocycles. The van der Waals surface area contributed by atoms with Crippen molar-refractivity contribution in [1.29, 1.82) is 0 Å². The van der Waals surface area contributed by atoms with Crippen LogP contribution < -0.4 is 14.4 Å². The summed E-state index contributed by atoms with van der Waals surface area (Å²) in [6.45, 7) is 4.08. The van der Waals surface area contributed by atoms with E-state index in [2.05, 4.69) is 73.9 Å². The molecule has 3 heterocycles. The van der Waals surface area contributed by atoms with Gasteiger partial charge in [0.25, 0.3) is 0 Å². The van der Waals surface area contributed by atoms with Crippen LogP contribution in [0.5, 0.6) is 11.5 Å². The van der Waals surface area contributed by atoms with E-state index in [4.69, 9.17) is 14.5 Å². The number of aromatic nitrogens is 5. The van der Waals surface area contributed by atoms with E-state index in [1.165, 1.54) is 10.3 Å². The third-order valence-electron chi connectivity index (χ3n) is 7.23. The molecule has 9 nitrogen and oxygen atoms in total. The Morgan fingerprint density at radius 2 is 1.68 bits per heavy atom. The lowest BCUT2D eigenvalue weighted by Gasteiger charge is -2.39. The van der Waals surface area contributed by atoms with Crippen LogP contribution in [0.3, 0.4) is 0 Å². The zero-order valence-electron chi connectivity index (χ0n) is 22.5. The smallest absolute Gasteiger partial charge is 0.186 e. The summed E-state index contributed by atoms with van der Waals surface area (Å²) in [6, 6.07) is 24.5. The number of hydrogen-bond donors (Lipinski definition) is 0. The molecule has 1 unspecified atom stereocenters. The molecule has 5 aromatic rings. The normalized spacial score (nSPS) is 14.6. The standard InChI is InChI=1S/C29H31N7O2S.ClH/c1-37-22-12-13-23(25(20-22)38-2)27(28-31-32-33-36(28)15-14-21-8-4-3-5-9-21)34-16-18-35(19-17-34)29-30-24-10-6-7-11-26(24)39-29;/h3-13,20,27H,14-19H2,1-2H3;1H. The van der Waals surface area contributed by atoms with Crippen molar-refractivity contribution < 1.29 is 9.47 Å². The predicted molar refractivity (Wildman–Crippen MR) is 160 cm³/mol. The monoisotopic (exact) mass is 577 g/mol. The second kappa shape index (κ2) is 12.6. The highest BCUT2D eigenvalue weighted by atomic mass is 35.5. The maximum atomic E-state index is 5.85. The Balaban J connectivity index is 0.00000323. The van der Waals surface area contributed by atoms with Gasteiger partial charge >= 0.3 is 0 Å². The van der Waals surface area contributed by atoms with Crippen LogP contribution >= 0.6 is 23.7 Å². The first-order chi connectivity index (χ1) is 19.2. The van der Waals surface area contributed by atoms with E-state index < -0.39 is 0 Å². The van der Waals surface area contributed by atoms with E-state index >= 15 is 0 Å². The fourth-order valence-electron chi connectivity index (χ4n) is 5.16. The Labute approximate surface area is 243 Å². The fraction of sp³-hybridized carbons (Fsp3) is 0.310. The van der Waals surface area contributed by atoms with Crippen molar-refractivity contribution >= 4 is 39.1 Å². The Bertz CT molecular complexity index is 1500. The van der Waals surface area contributed by atoms with E-state index in [-0.39, 0.29) is 18.4 Å². The van der Waals surface area contributed by atoms with Gasteiger partial charge in [-0.05, 0) is 46.7 Å². The molecule has 0 aliphatic carbocycles. The third-order valence-corrected chi connectivity index (χ3v) is 8.32. The third kappa shape index (κ3) is 5.74. The van der Waals surface area contributed by atoms with Crippen LogP contribution in [0.2, 0.25) is 0 Å². The lowest BCUT2D eigenvalue weighted by Crippen LogP contribution is -2.48. The number of ether oxygens (including phenoxy) is 2. The van der Waals surface area contributed by atoms with Gasteiger partial charge in [0, 0.05) is 44.4 Å². The number of benzene rings is 3. The number of nitrogens with zero attached hydrogens (tertiary/aromatic N) is 7. The summed E-state index contributed by atoms with van der Waals surface area (Å²) < 4.78 is 14.5. The summed E-state index contributed by atoms with van der Waals surface area (Å²) in [6.07, 6.45) is 0.844. The summed E-state index contributed by atoms with van der Waals surface area (Å²) in [7, 11) is 3.36. The molecule has 1 aliphatic rings. The van der Waals surface area contributed by atoms with Crippen LogP contribution in [0.15, 0.2) is 72.8 Å². The molecule has 1 atom stereocenters. The van der Waals surface area contributed by atoms with Gasteiger partial charge in [-0.15, -0.1) is 17.5 Å². The number of para-hydroxylation sites is 1. The fourth-order valence-corrected chi connectivity index (χ4v) is 6.17. The molecule has 0 N–H and O–H groups in total. The van der Waals surface area contributed by atoms with Crippen molar-refractivity contribution in [3.63, 3.8) is 0 Å². The van der Waals surface area contributed by atoms with Crippen molar-refractivity contribution in [1.82, 2.24) is 30.1 Å². The van der Waals surface area contributed by atoms with E-state index in [1.807, 2.05) is 28.9 Å². The molecular formula is C29H32ClN7O2S. The predicted octanol–water partition coefficient (Wildman–Crippen LogP) is 4.88. The Morgan fingerprint density at radius 3 is 2.42 bits per heavy atom. The zero-order chi connectivity index (χ0) is 26.6. The quantitative estimate of drug-likeness (QED) is 0.245. The van der Waals surface area contributed by atoms with E-state index in [0.29, 0.717) is 6.54 Å². The first kappa shape index (κ1) is 27.8. The van der Waals surface area contributed by atoms with E-state index in [0.717, 1.165) is 66.1 Å². The molecule has 0 bridgehead atoms. The van der Waals surface area contributed by atoms with Crippen LogP contribution in [0.25, 0.3) is 10.2 Å². The van der Waals surface area contributed by atoms with Crippen molar-refractivity contribution in [3.8, 4) is 11.5 Å². The van der Waals surface area contributed by atoms with Crippen molar-refractivity contribution in [2.24, 2.45) is 0 Å². The maximum Gasteiger partial charge on any atom is 0.186 e. The van der Waals surface area contributed by atoms with E-state index in [9.17, 15) is 0 Å². The number of tetrazole rings is 1. The van der Waals surface area contributed by atoms with Crippen LogP contribution in [0.4, 0.5) is 5.13 Å². The summed E-state index contributed by atoms with van der Waals surface area (Å²) in [5.74, 6) is 2.31. The lowest BCUT2D eigenvalue weighted by atomic mass is 10.0. The number of anilines is 1. The number of hydrogen-bond acceptors (Lipinski definition) is 9. The summed E-state index contributed by atoms with van der Waals surface area (Å²) in [5, 5.41) is 14.1. The number of fused-ring (bicyclic) bond motifs is 1. The minimum absolute atomic E-state index is 0. The first-order valence-electron chi connectivity index (χ1n) is 13.1. The molecule has 1 saturated heterocycles. The van der Waals surface area contributed by atoms with Crippen LogP contribution in [-0.4, -0.2) is 70.5 Å². The first-order valence-corrected chi connectivity index (χ1v) is 13.9. The van der Waals surface area contributed by atoms with Crippen molar-refractivity contribution in [3.05, 3.63) is 89.7 Å². The molecule has 1 aliphatic heterocycles. The molecule has 0 saturated carbocycles. The highest BCUT2D eigenvalue weighted by Crippen LogP contribution is 2.37. The second-order valence-electron chi connectivity index (χ2n) is 9.49. The van der Waals surface area contributed by atoms with Gasteiger partial charge in [0.1, 0.15) is 17.5 Å². The number of thiazole rings is 1. The number of piperazine rings is 1. The van der Waals surface area contributed by atoms with Gasteiger partial charge in [-0.1, -0.05) is 53.8 Å². The molecule has 0 spiro atoms. The number of rotatable bonds is 9. The van der Waals surface area contributed by atoms with Gasteiger partial charge in [-0.3, -0.25) is 4.90 Å². The summed E-state index contributed by atoms with van der Waals surface area (Å²) in [5.41, 5.74) is 3.32. The Kier molecular flexibility index (Phi) is 8.78. The number of aryl methyl sites for hydroxylation is 2. The van der Waals surface area contributed by atoms with Gasteiger partial charge < -0.3 is 14.4 Å². The maximum absolute atomic E-state index is 5.85. The highest BCUT2D eigenvalue weighted by Gasteiger charge is 2.33. The summed E-state index contributed by atoms with van der Waals surface area (Å²) >= 11 is 1.75. The topological polar surface area (TPSA) is 81.4 Å². The molecule has 208 valence electrons.